The zero-order chi connectivity index (χ0) is 13.0. The second-order valence-corrected chi connectivity index (χ2v) is 3.57. The van der Waals surface area contributed by atoms with Gasteiger partial charge in [0.1, 0.15) is 17.3 Å². The summed E-state index contributed by atoms with van der Waals surface area (Å²) in [7, 11) is 0. The van der Waals surface area contributed by atoms with Gasteiger partial charge in [-0.3, -0.25) is 9.78 Å². The summed E-state index contributed by atoms with van der Waals surface area (Å²) in [5.41, 5.74) is 6.52. The maximum absolute atomic E-state index is 12.6. The molecule has 2 heterocycles. The Balaban J connectivity index is 2.09. The molecule has 1 amide bonds. The van der Waals surface area contributed by atoms with E-state index in [1.54, 1.807) is 12.1 Å². The van der Waals surface area contributed by atoms with Gasteiger partial charge in [0.25, 0.3) is 5.91 Å². The molecule has 5 nitrogen and oxygen atoms in total. The maximum Gasteiger partial charge on any atom is 0.275 e. The Hall–Kier alpha value is -2.34. The summed E-state index contributed by atoms with van der Waals surface area (Å²) in [5, 5.41) is 2.51. The van der Waals surface area contributed by atoms with Crippen LogP contribution in [0.1, 0.15) is 16.1 Å². The van der Waals surface area contributed by atoms with Crippen LogP contribution in [-0.4, -0.2) is 15.9 Å². The lowest BCUT2D eigenvalue weighted by Gasteiger charge is -2.04. The molecule has 3 N–H and O–H groups in total. The number of pyridine rings is 2. The van der Waals surface area contributed by atoms with Crippen molar-refractivity contribution in [3.05, 3.63) is 53.7 Å². The lowest BCUT2D eigenvalue weighted by atomic mass is 10.2. The first-order valence-corrected chi connectivity index (χ1v) is 5.27. The highest BCUT2D eigenvalue weighted by atomic mass is 19.1. The van der Waals surface area contributed by atoms with Crippen LogP contribution in [0.15, 0.2) is 36.7 Å². The monoisotopic (exact) mass is 246 g/mol. The minimum Gasteiger partial charge on any atom is -0.326 e. The van der Waals surface area contributed by atoms with Crippen LogP contribution in [-0.2, 0) is 6.54 Å². The molecular weight excluding hydrogens is 235 g/mol. The summed E-state index contributed by atoms with van der Waals surface area (Å²) in [6.45, 7) is 0.369. The van der Waals surface area contributed by atoms with E-state index in [2.05, 4.69) is 15.3 Å². The Morgan fingerprint density at radius 1 is 1.22 bits per heavy atom. The lowest BCUT2D eigenvalue weighted by molar-refractivity contribution is 0.102. The van der Waals surface area contributed by atoms with Gasteiger partial charge < -0.3 is 11.1 Å². The van der Waals surface area contributed by atoms with Gasteiger partial charge in [-0.25, -0.2) is 9.37 Å². The van der Waals surface area contributed by atoms with Crippen molar-refractivity contribution in [2.24, 2.45) is 5.73 Å². The molecule has 2 rings (SSSR count). The zero-order valence-electron chi connectivity index (χ0n) is 9.43. The molecule has 2 aromatic rings. The van der Waals surface area contributed by atoms with Crippen molar-refractivity contribution in [1.29, 1.82) is 0 Å². The molecule has 92 valence electrons. The zero-order valence-corrected chi connectivity index (χ0v) is 9.43. The summed E-state index contributed by atoms with van der Waals surface area (Å²) < 4.78 is 12.6. The Bertz CT molecular complexity index is 539. The van der Waals surface area contributed by atoms with Gasteiger partial charge in [0.2, 0.25) is 0 Å². The maximum atomic E-state index is 12.6. The fourth-order valence-electron chi connectivity index (χ4n) is 1.31. The third-order valence-electron chi connectivity index (χ3n) is 2.26. The SMILES string of the molecule is NCc1ccc(C(=O)Nc2ccc(F)cn2)nc1. The van der Waals surface area contributed by atoms with Crippen LogP contribution in [0, 0.1) is 5.82 Å². The van der Waals surface area contributed by atoms with Crippen LogP contribution in [0.5, 0.6) is 0 Å². The molecular formula is C12H11FN4O. The molecule has 0 spiro atoms. The van der Waals surface area contributed by atoms with Crippen LogP contribution < -0.4 is 11.1 Å². The number of hydrogen-bond acceptors (Lipinski definition) is 4. The molecule has 0 fully saturated rings. The van der Waals surface area contributed by atoms with Gasteiger partial charge >= 0.3 is 0 Å². The highest BCUT2D eigenvalue weighted by Crippen LogP contribution is 2.06. The molecule has 2 aromatic heterocycles. The minimum atomic E-state index is -0.460. The van der Waals surface area contributed by atoms with E-state index < -0.39 is 11.7 Å². The van der Waals surface area contributed by atoms with Crippen molar-refractivity contribution < 1.29 is 9.18 Å². The van der Waals surface area contributed by atoms with Gasteiger partial charge in [0, 0.05) is 12.7 Å². The molecule has 0 saturated heterocycles. The molecule has 18 heavy (non-hydrogen) atoms. The van der Waals surface area contributed by atoms with E-state index in [1.807, 2.05) is 0 Å². The van der Waals surface area contributed by atoms with Gasteiger partial charge in [0.05, 0.1) is 6.20 Å². The molecule has 6 heteroatoms. The first-order valence-electron chi connectivity index (χ1n) is 5.27. The fraction of sp³-hybridized carbons (Fsp3) is 0.0833. The lowest BCUT2D eigenvalue weighted by Crippen LogP contribution is -2.14. The van der Waals surface area contributed by atoms with Crippen molar-refractivity contribution >= 4 is 11.7 Å². The van der Waals surface area contributed by atoms with Gasteiger partial charge in [-0.1, -0.05) is 6.07 Å². The Morgan fingerprint density at radius 3 is 2.61 bits per heavy atom. The molecule has 0 atom stereocenters. The second-order valence-electron chi connectivity index (χ2n) is 3.57. The Labute approximate surface area is 103 Å². The predicted molar refractivity (Wildman–Crippen MR) is 64.3 cm³/mol. The third kappa shape index (κ3) is 2.86. The topological polar surface area (TPSA) is 80.9 Å². The standard InChI is InChI=1S/C12H11FN4O/c13-9-2-4-11(16-7-9)17-12(18)10-3-1-8(5-14)6-15-10/h1-4,6-7H,5,14H2,(H,16,17,18). The molecule has 0 radical (unpaired) electrons. The van der Waals surface area contributed by atoms with E-state index in [9.17, 15) is 9.18 Å². The van der Waals surface area contributed by atoms with Crippen LogP contribution in [0.25, 0.3) is 0 Å². The van der Waals surface area contributed by atoms with Crippen LogP contribution in [0.2, 0.25) is 0 Å². The average molecular weight is 246 g/mol. The Morgan fingerprint density at radius 2 is 2.06 bits per heavy atom. The molecule has 0 bridgehead atoms. The molecule has 0 aliphatic rings. The number of nitrogens with one attached hydrogen (secondary N) is 1. The van der Waals surface area contributed by atoms with E-state index in [-0.39, 0.29) is 11.5 Å². The highest BCUT2D eigenvalue weighted by molar-refractivity contribution is 6.02. The minimum absolute atomic E-state index is 0.248. The number of halogens is 1. The fourth-order valence-corrected chi connectivity index (χ4v) is 1.31. The van der Waals surface area contributed by atoms with E-state index in [0.29, 0.717) is 6.54 Å². The van der Waals surface area contributed by atoms with E-state index in [4.69, 9.17) is 5.73 Å². The summed E-state index contributed by atoms with van der Waals surface area (Å²) in [6.07, 6.45) is 2.56. The molecule has 0 saturated carbocycles. The average Bonchev–Trinajstić information content (AvgIpc) is 2.41. The van der Waals surface area contributed by atoms with Gasteiger partial charge in [-0.2, -0.15) is 0 Å². The number of carbonyl (C=O) groups is 1. The van der Waals surface area contributed by atoms with Crippen molar-refractivity contribution in [2.45, 2.75) is 6.54 Å². The van der Waals surface area contributed by atoms with Crippen LogP contribution in [0.3, 0.4) is 0 Å². The summed E-state index contributed by atoms with van der Waals surface area (Å²) in [4.78, 5) is 19.5. The van der Waals surface area contributed by atoms with Crippen molar-refractivity contribution in [2.75, 3.05) is 5.32 Å². The number of anilines is 1. The largest absolute Gasteiger partial charge is 0.326 e. The number of nitrogens with zero attached hydrogens (tertiary/aromatic N) is 2. The number of amides is 1. The van der Waals surface area contributed by atoms with E-state index in [0.717, 1.165) is 11.8 Å². The van der Waals surface area contributed by atoms with E-state index in [1.165, 1.54) is 18.3 Å². The van der Waals surface area contributed by atoms with Crippen molar-refractivity contribution in [3.63, 3.8) is 0 Å². The van der Waals surface area contributed by atoms with E-state index >= 15 is 0 Å². The summed E-state index contributed by atoms with van der Waals surface area (Å²) >= 11 is 0. The number of carbonyl (C=O) groups excluding carboxylic acids is 1. The predicted octanol–water partition coefficient (Wildman–Crippen LogP) is 1.33. The van der Waals surface area contributed by atoms with Crippen molar-refractivity contribution in [1.82, 2.24) is 9.97 Å². The van der Waals surface area contributed by atoms with Crippen LogP contribution >= 0.6 is 0 Å². The smallest absolute Gasteiger partial charge is 0.275 e. The molecule has 0 aromatic carbocycles. The quantitative estimate of drug-likeness (QED) is 0.856. The summed E-state index contributed by atoms with van der Waals surface area (Å²) in [5.74, 6) is -0.595. The number of rotatable bonds is 3. The molecule has 0 unspecified atom stereocenters. The second kappa shape index (κ2) is 5.33. The normalized spacial score (nSPS) is 10.1. The number of hydrogen-bond donors (Lipinski definition) is 2. The van der Waals surface area contributed by atoms with Gasteiger partial charge in [0.15, 0.2) is 0 Å². The van der Waals surface area contributed by atoms with Crippen molar-refractivity contribution in [3.8, 4) is 0 Å². The summed E-state index contributed by atoms with van der Waals surface area (Å²) in [6, 6.07) is 5.89. The number of aromatic nitrogens is 2. The third-order valence-corrected chi connectivity index (χ3v) is 2.26. The van der Waals surface area contributed by atoms with Crippen LogP contribution in [0.4, 0.5) is 10.2 Å². The first kappa shape index (κ1) is 12.1. The Kier molecular flexibility index (Phi) is 3.59. The van der Waals surface area contributed by atoms with Gasteiger partial charge in [-0.15, -0.1) is 0 Å². The first-order chi connectivity index (χ1) is 8.69. The van der Waals surface area contributed by atoms with Gasteiger partial charge in [-0.05, 0) is 23.8 Å². The molecule has 0 aliphatic heterocycles. The molecule has 0 aliphatic carbocycles. The number of nitrogens with two attached hydrogens (primary N) is 1. The highest BCUT2D eigenvalue weighted by Gasteiger charge is 2.08.